The Morgan fingerprint density at radius 1 is 1.14 bits per heavy atom. The number of sulfone groups is 1. The molecule has 28 heavy (non-hydrogen) atoms. The molecule has 1 aromatic carbocycles. The maximum absolute atomic E-state index is 12.9. The molecular formula is C21H28N2O4S. The van der Waals surface area contributed by atoms with Gasteiger partial charge in [-0.3, -0.25) is 9.69 Å². The molecule has 1 saturated heterocycles. The van der Waals surface area contributed by atoms with Crippen LogP contribution < -0.4 is 5.32 Å². The third-order valence-corrected chi connectivity index (χ3v) is 7.40. The lowest BCUT2D eigenvalue weighted by atomic mass is 10.1. The van der Waals surface area contributed by atoms with Crippen LogP contribution in [0.4, 0.5) is 0 Å². The van der Waals surface area contributed by atoms with Gasteiger partial charge in [0.15, 0.2) is 9.84 Å². The third-order valence-electron chi connectivity index (χ3n) is 5.19. The predicted molar refractivity (Wildman–Crippen MR) is 108 cm³/mol. The van der Waals surface area contributed by atoms with E-state index in [9.17, 15) is 13.2 Å². The molecule has 0 aliphatic carbocycles. The first kappa shape index (κ1) is 20.6. The molecule has 1 aliphatic heterocycles. The zero-order valence-corrected chi connectivity index (χ0v) is 17.5. The molecule has 152 valence electrons. The van der Waals surface area contributed by atoms with Crippen LogP contribution in [0.15, 0.2) is 45.7 Å². The van der Waals surface area contributed by atoms with Crippen LogP contribution in [0.5, 0.6) is 0 Å². The van der Waals surface area contributed by atoms with Crippen LogP contribution in [0.3, 0.4) is 0 Å². The van der Waals surface area contributed by atoms with Gasteiger partial charge in [-0.25, -0.2) is 8.42 Å². The van der Waals surface area contributed by atoms with Crippen LogP contribution in [0.2, 0.25) is 0 Å². The van der Waals surface area contributed by atoms with Gasteiger partial charge in [0.1, 0.15) is 11.5 Å². The van der Waals surface area contributed by atoms with Gasteiger partial charge in [0, 0.05) is 6.54 Å². The SMILES string of the molecule is Cc1ccc(C(CNC(=O)c2ccccc2S(=O)(=O)C(C)C)N2CCCC2)o1. The fourth-order valence-corrected chi connectivity index (χ4v) is 4.78. The summed E-state index contributed by atoms with van der Waals surface area (Å²) in [5.41, 5.74) is 0.187. The van der Waals surface area contributed by atoms with Crippen LogP contribution in [0.25, 0.3) is 0 Å². The van der Waals surface area contributed by atoms with Crippen molar-refractivity contribution in [2.75, 3.05) is 19.6 Å². The minimum atomic E-state index is -3.55. The summed E-state index contributed by atoms with van der Waals surface area (Å²) in [5.74, 6) is 1.27. The second-order valence-corrected chi connectivity index (χ2v) is 9.98. The zero-order valence-electron chi connectivity index (χ0n) is 16.6. The number of amides is 1. The lowest BCUT2D eigenvalue weighted by Gasteiger charge is -2.26. The van der Waals surface area contributed by atoms with Crippen LogP contribution >= 0.6 is 0 Å². The van der Waals surface area contributed by atoms with E-state index in [1.807, 2.05) is 19.1 Å². The first-order valence-corrected chi connectivity index (χ1v) is 11.3. The highest BCUT2D eigenvalue weighted by molar-refractivity contribution is 7.92. The number of carbonyl (C=O) groups excluding carboxylic acids is 1. The Morgan fingerprint density at radius 2 is 1.82 bits per heavy atom. The van der Waals surface area contributed by atoms with Gasteiger partial charge >= 0.3 is 0 Å². The molecule has 1 atom stereocenters. The average molecular weight is 405 g/mol. The predicted octanol–water partition coefficient (Wildman–Crippen LogP) is 3.34. The second kappa shape index (κ2) is 8.49. The molecule has 2 heterocycles. The number of nitrogens with one attached hydrogen (secondary N) is 1. The van der Waals surface area contributed by atoms with E-state index < -0.39 is 15.1 Å². The number of aryl methyl sites for hydroxylation is 1. The number of likely N-dealkylation sites (tertiary alicyclic amines) is 1. The fourth-order valence-electron chi connectivity index (χ4n) is 3.54. The number of benzene rings is 1. The Morgan fingerprint density at radius 3 is 2.43 bits per heavy atom. The van der Waals surface area contributed by atoms with E-state index in [-0.39, 0.29) is 22.4 Å². The average Bonchev–Trinajstić information content (AvgIpc) is 3.34. The van der Waals surface area contributed by atoms with Gasteiger partial charge in [-0.1, -0.05) is 12.1 Å². The molecule has 1 aromatic heterocycles. The monoisotopic (exact) mass is 404 g/mol. The zero-order chi connectivity index (χ0) is 20.3. The quantitative estimate of drug-likeness (QED) is 0.766. The number of rotatable bonds is 7. The number of hydrogen-bond acceptors (Lipinski definition) is 5. The van der Waals surface area contributed by atoms with E-state index in [1.54, 1.807) is 32.0 Å². The highest BCUT2D eigenvalue weighted by atomic mass is 32.2. The van der Waals surface area contributed by atoms with Crippen LogP contribution in [0.1, 0.15) is 54.6 Å². The summed E-state index contributed by atoms with van der Waals surface area (Å²) < 4.78 is 31.1. The Bertz CT molecular complexity index is 927. The van der Waals surface area contributed by atoms with E-state index in [1.165, 1.54) is 6.07 Å². The first-order chi connectivity index (χ1) is 13.3. The largest absolute Gasteiger partial charge is 0.465 e. The first-order valence-electron chi connectivity index (χ1n) is 9.72. The molecule has 0 bridgehead atoms. The minimum Gasteiger partial charge on any atom is -0.465 e. The Balaban J connectivity index is 1.81. The van der Waals surface area contributed by atoms with E-state index in [0.717, 1.165) is 37.5 Å². The normalized spacial score (nSPS) is 16.4. The second-order valence-electron chi connectivity index (χ2n) is 7.51. The summed E-state index contributed by atoms with van der Waals surface area (Å²) in [7, 11) is -3.55. The molecular weight excluding hydrogens is 376 g/mol. The minimum absolute atomic E-state index is 0.0611. The molecule has 0 radical (unpaired) electrons. The Hall–Kier alpha value is -2.12. The number of furan rings is 1. The van der Waals surface area contributed by atoms with Gasteiger partial charge < -0.3 is 9.73 Å². The molecule has 2 aromatic rings. The number of hydrogen-bond donors (Lipinski definition) is 1. The summed E-state index contributed by atoms with van der Waals surface area (Å²) in [5, 5.41) is 2.34. The van der Waals surface area contributed by atoms with Crippen LogP contribution in [-0.2, 0) is 9.84 Å². The van der Waals surface area contributed by atoms with Gasteiger partial charge in [0.25, 0.3) is 5.91 Å². The van der Waals surface area contributed by atoms with Gasteiger partial charge in [0.2, 0.25) is 0 Å². The summed E-state index contributed by atoms with van der Waals surface area (Å²) in [6.45, 7) is 7.41. The maximum atomic E-state index is 12.9. The van der Waals surface area contributed by atoms with E-state index in [2.05, 4.69) is 10.2 Å². The molecule has 1 fully saturated rings. The smallest absolute Gasteiger partial charge is 0.252 e. The molecule has 7 heteroatoms. The van der Waals surface area contributed by atoms with Crippen LogP contribution in [0, 0.1) is 6.92 Å². The van der Waals surface area contributed by atoms with Gasteiger partial charge in [-0.2, -0.15) is 0 Å². The molecule has 0 saturated carbocycles. The fraction of sp³-hybridized carbons (Fsp3) is 0.476. The number of carbonyl (C=O) groups is 1. The molecule has 1 unspecified atom stereocenters. The Kier molecular flexibility index (Phi) is 6.25. The summed E-state index contributed by atoms with van der Waals surface area (Å²) in [4.78, 5) is 15.2. The van der Waals surface area contributed by atoms with Crippen molar-refractivity contribution in [1.29, 1.82) is 0 Å². The molecule has 1 N–H and O–H groups in total. The van der Waals surface area contributed by atoms with Crippen molar-refractivity contribution in [2.45, 2.75) is 49.8 Å². The highest BCUT2D eigenvalue weighted by Gasteiger charge is 2.28. The topological polar surface area (TPSA) is 79.6 Å². The van der Waals surface area contributed by atoms with E-state index in [0.29, 0.717) is 6.54 Å². The highest BCUT2D eigenvalue weighted by Crippen LogP contribution is 2.26. The summed E-state index contributed by atoms with van der Waals surface area (Å²) in [6, 6.07) is 10.2. The third kappa shape index (κ3) is 4.31. The summed E-state index contributed by atoms with van der Waals surface area (Å²) in [6.07, 6.45) is 2.25. The molecule has 1 aliphatic rings. The molecule has 3 rings (SSSR count). The number of nitrogens with zero attached hydrogens (tertiary/aromatic N) is 1. The van der Waals surface area contributed by atoms with Crippen LogP contribution in [-0.4, -0.2) is 44.1 Å². The van der Waals surface area contributed by atoms with Crippen molar-refractivity contribution in [2.24, 2.45) is 0 Å². The van der Waals surface area contributed by atoms with E-state index >= 15 is 0 Å². The lowest BCUT2D eigenvalue weighted by Crippen LogP contribution is -2.37. The summed E-state index contributed by atoms with van der Waals surface area (Å²) >= 11 is 0. The molecule has 0 spiro atoms. The molecule has 1 amide bonds. The van der Waals surface area contributed by atoms with Crippen molar-refractivity contribution in [3.05, 3.63) is 53.5 Å². The van der Waals surface area contributed by atoms with Crippen molar-refractivity contribution in [3.63, 3.8) is 0 Å². The maximum Gasteiger partial charge on any atom is 0.252 e. The van der Waals surface area contributed by atoms with Gasteiger partial charge in [-0.05, 0) is 71.0 Å². The van der Waals surface area contributed by atoms with Crippen molar-refractivity contribution < 1.29 is 17.6 Å². The van der Waals surface area contributed by atoms with E-state index in [4.69, 9.17) is 4.42 Å². The van der Waals surface area contributed by atoms with Crippen molar-refractivity contribution in [1.82, 2.24) is 10.2 Å². The molecule has 6 nitrogen and oxygen atoms in total. The van der Waals surface area contributed by atoms with Crippen molar-refractivity contribution in [3.8, 4) is 0 Å². The lowest BCUT2D eigenvalue weighted by molar-refractivity contribution is 0.0930. The van der Waals surface area contributed by atoms with Gasteiger partial charge in [-0.15, -0.1) is 0 Å². The van der Waals surface area contributed by atoms with Crippen molar-refractivity contribution >= 4 is 15.7 Å². The standard InChI is InChI=1S/C21H28N2O4S/c1-15(2)28(25,26)20-9-5-4-8-17(20)21(24)22-14-18(23-12-6-7-13-23)19-11-10-16(3)27-19/h4-5,8-11,15,18H,6-7,12-14H2,1-3H3,(H,22,24). The Labute approximate surface area is 166 Å². The van der Waals surface area contributed by atoms with Gasteiger partial charge in [0.05, 0.1) is 21.8 Å².